The number of aliphatic imine (C=N–C) groups is 1. The quantitative estimate of drug-likeness (QED) is 0.511. The van der Waals surface area contributed by atoms with Gasteiger partial charge in [0.25, 0.3) is 0 Å². The fourth-order valence-corrected chi connectivity index (χ4v) is 3.68. The molecule has 1 aromatic heterocycles. The third-order valence-corrected chi connectivity index (χ3v) is 5.21. The maximum atomic E-state index is 13.4. The number of rotatable bonds is 8. The van der Waals surface area contributed by atoms with Gasteiger partial charge in [-0.2, -0.15) is 0 Å². The third kappa shape index (κ3) is 6.27. The van der Waals surface area contributed by atoms with Gasteiger partial charge in [0.05, 0.1) is 25.8 Å². The Morgan fingerprint density at radius 2 is 1.93 bits per heavy atom. The summed E-state index contributed by atoms with van der Waals surface area (Å²) < 4.78 is 21.1. The Hall–Kier alpha value is -2.45. The molecule has 30 heavy (non-hydrogen) atoms. The number of morpholine rings is 1. The number of nitrogens with zero attached hydrogens (tertiary/aromatic N) is 4. The summed E-state index contributed by atoms with van der Waals surface area (Å²) in [6, 6.07) is 6.86. The van der Waals surface area contributed by atoms with Crippen LogP contribution < -0.4 is 10.6 Å². The normalized spacial score (nSPS) is 16.6. The Morgan fingerprint density at radius 3 is 2.60 bits per heavy atom. The van der Waals surface area contributed by atoms with Gasteiger partial charge < -0.3 is 19.9 Å². The van der Waals surface area contributed by atoms with Crippen LogP contribution in [0.15, 0.2) is 41.7 Å². The SMILES string of the molecule is CN=C(NCc1nccn1CC(C)C)NCC(c1ccc(F)cc1)N1CCOCC1. The lowest BCUT2D eigenvalue weighted by Crippen LogP contribution is -2.46. The average molecular weight is 417 g/mol. The van der Waals surface area contributed by atoms with Crippen LogP contribution in [0.1, 0.15) is 31.3 Å². The number of nitrogens with one attached hydrogen (secondary N) is 2. The molecule has 0 bridgehead atoms. The Balaban J connectivity index is 1.61. The summed E-state index contributed by atoms with van der Waals surface area (Å²) in [6.45, 7) is 9.70. The van der Waals surface area contributed by atoms with Crippen molar-refractivity contribution in [1.29, 1.82) is 0 Å². The highest BCUT2D eigenvalue weighted by Gasteiger charge is 2.23. The van der Waals surface area contributed by atoms with Crippen LogP contribution >= 0.6 is 0 Å². The zero-order valence-electron chi connectivity index (χ0n) is 18.1. The van der Waals surface area contributed by atoms with Crippen molar-refractivity contribution < 1.29 is 9.13 Å². The summed E-state index contributed by atoms with van der Waals surface area (Å²) in [5.41, 5.74) is 1.08. The van der Waals surface area contributed by atoms with Crippen LogP contribution in [0.25, 0.3) is 0 Å². The fourth-order valence-electron chi connectivity index (χ4n) is 3.68. The summed E-state index contributed by atoms with van der Waals surface area (Å²) in [5.74, 6) is 2.03. The minimum Gasteiger partial charge on any atom is -0.379 e. The molecule has 8 heteroatoms. The number of hydrogen-bond acceptors (Lipinski definition) is 4. The molecule has 0 spiro atoms. The summed E-state index contributed by atoms with van der Waals surface area (Å²) in [7, 11) is 1.76. The second-order valence-electron chi connectivity index (χ2n) is 7.91. The number of ether oxygens (including phenoxy) is 1. The van der Waals surface area contributed by atoms with Crippen LogP contribution in [0.2, 0.25) is 0 Å². The largest absolute Gasteiger partial charge is 0.379 e. The molecule has 0 saturated carbocycles. The molecule has 0 aliphatic carbocycles. The van der Waals surface area contributed by atoms with Gasteiger partial charge in [0.15, 0.2) is 5.96 Å². The maximum absolute atomic E-state index is 13.4. The van der Waals surface area contributed by atoms with Crippen molar-refractivity contribution in [3.8, 4) is 0 Å². The van der Waals surface area contributed by atoms with Gasteiger partial charge in [-0.1, -0.05) is 26.0 Å². The molecule has 0 amide bonds. The number of guanidine groups is 1. The van der Waals surface area contributed by atoms with Gasteiger partial charge in [-0.25, -0.2) is 9.37 Å². The van der Waals surface area contributed by atoms with E-state index in [1.54, 1.807) is 7.05 Å². The monoisotopic (exact) mass is 416 g/mol. The highest BCUT2D eigenvalue weighted by molar-refractivity contribution is 5.79. The van der Waals surface area contributed by atoms with Crippen molar-refractivity contribution in [2.24, 2.45) is 10.9 Å². The lowest BCUT2D eigenvalue weighted by atomic mass is 10.0. The van der Waals surface area contributed by atoms with Crippen LogP contribution in [0.4, 0.5) is 4.39 Å². The van der Waals surface area contributed by atoms with E-state index in [4.69, 9.17) is 4.74 Å². The lowest BCUT2D eigenvalue weighted by Gasteiger charge is -2.35. The van der Waals surface area contributed by atoms with Crippen molar-refractivity contribution in [2.75, 3.05) is 39.9 Å². The van der Waals surface area contributed by atoms with Crippen LogP contribution in [0, 0.1) is 11.7 Å². The fraction of sp³-hybridized carbons (Fsp3) is 0.545. The Morgan fingerprint density at radius 1 is 1.20 bits per heavy atom. The minimum atomic E-state index is -0.221. The van der Waals surface area contributed by atoms with E-state index >= 15 is 0 Å². The van der Waals surface area contributed by atoms with E-state index in [2.05, 4.69) is 43.9 Å². The van der Waals surface area contributed by atoms with Crippen LogP contribution in [0.5, 0.6) is 0 Å². The molecule has 7 nitrogen and oxygen atoms in total. The van der Waals surface area contributed by atoms with Gasteiger partial charge in [-0.05, 0) is 23.6 Å². The van der Waals surface area contributed by atoms with E-state index in [-0.39, 0.29) is 11.9 Å². The number of benzene rings is 1. The molecule has 164 valence electrons. The second kappa shape index (κ2) is 11.1. The molecule has 1 unspecified atom stereocenters. The molecule has 2 aromatic rings. The molecular weight excluding hydrogens is 383 g/mol. The van der Waals surface area contributed by atoms with Crippen molar-refractivity contribution >= 4 is 5.96 Å². The van der Waals surface area contributed by atoms with Gasteiger partial charge in [-0.15, -0.1) is 0 Å². The van der Waals surface area contributed by atoms with Gasteiger partial charge in [0.1, 0.15) is 11.6 Å². The van der Waals surface area contributed by atoms with Crippen molar-refractivity contribution in [3.63, 3.8) is 0 Å². The van der Waals surface area contributed by atoms with E-state index in [0.29, 0.717) is 32.2 Å². The molecule has 1 atom stereocenters. The van der Waals surface area contributed by atoms with Crippen molar-refractivity contribution in [2.45, 2.75) is 33.0 Å². The van der Waals surface area contributed by atoms with E-state index in [0.717, 1.165) is 37.0 Å². The van der Waals surface area contributed by atoms with Crippen LogP contribution in [-0.4, -0.2) is 60.3 Å². The van der Waals surface area contributed by atoms with Gasteiger partial charge in [0, 0.05) is 45.6 Å². The minimum absolute atomic E-state index is 0.107. The number of halogens is 1. The molecule has 3 rings (SSSR count). The summed E-state index contributed by atoms with van der Waals surface area (Å²) in [4.78, 5) is 11.2. The third-order valence-electron chi connectivity index (χ3n) is 5.21. The van der Waals surface area contributed by atoms with Crippen molar-refractivity contribution in [3.05, 3.63) is 53.9 Å². The molecule has 2 heterocycles. The average Bonchev–Trinajstić information content (AvgIpc) is 3.18. The van der Waals surface area contributed by atoms with Gasteiger partial charge >= 0.3 is 0 Å². The Bertz CT molecular complexity index is 798. The molecule has 1 aromatic carbocycles. The van der Waals surface area contributed by atoms with Crippen molar-refractivity contribution in [1.82, 2.24) is 25.1 Å². The summed E-state index contributed by atoms with van der Waals surface area (Å²) >= 11 is 0. The standard InChI is InChI=1S/C22H33FN6O/c1-17(2)16-29-9-8-25-21(29)15-27-22(24-3)26-14-20(28-10-12-30-13-11-28)18-4-6-19(23)7-5-18/h4-9,17,20H,10-16H2,1-3H3,(H2,24,26,27). The smallest absolute Gasteiger partial charge is 0.191 e. The van der Waals surface area contributed by atoms with Crippen LogP contribution in [-0.2, 0) is 17.8 Å². The Labute approximate surface area is 178 Å². The highest BCUT2D eigenvalue weighted by Crippen LogP contribution is 2.21. The first-order valence-corrected chi connectivity index (χ1v) is 10.6. The van der Waals surface area contributed by atoms with E-state index in [1.807, 2.05) is 24.5 Å². The zero-order valence-corrected chi connectivity index (χ0v) is 18.1. The van der Waals surface area contributed by atoms with E-state index < -0.39 is 0 Å². The maximum Gasteiger partial charge on any atom is 0.191 e. The first kappa shape index (κ1) is 22.2. The Kier molecular flexibility index (Phi) is 8.21. The molecule has 1 aliphatic heterocycles. The van der Waals surface area contributed by atoms with Crippen LogP contribution in [0.3, 0.4) is 0 Å². The number of hydrogen-bond donors (Lipinski definition) is 2. The number of aromatic nitrogens is 2. The predicted octanol–water partition coefficient (Wildman–Crippen LogP) is 2.42. The molecular formula is C22H33FN6O. The van der Waals surface area contributed by atoms with E-state index in [1.165, 1.54) is 12.1 Å². The zero-order chi connectivity index (χ0) is 21.3. The van der Waals surface area contributed by atoms with Gasteiger partial charge in [0.2, 0.25) is 0 Å². The molecule has 1 aliphatic rings. The molecule has 1 saturated heterocycles. The van der Waals surface area contributed by atoms with E-state index in [9.17, 15) is 4.39 Å². The topological polar surface area (TPSA) is 66.7 Å². The second-order valence-corrected chi connectivity index (χ2v) is 7.91. The molecule has 1 fully saturated rings. The predicted molar refractivity (Wildman–Crippen MR) is 117 cm³/mol. The van der Waals surface area contributed by atoms with Gasteiger partial charge in [-0.3, -0.25) is 9.89 Å². The summed E-state index contributed by atoms with van der Waals surface area (Å²) in [6.07, 6.45) is 3.84. The molecule has 0 radical (unpaired) electrons. The first-order chi connectivity index (χ1) is 14.6. The highest BCUT2D eigenvalue weighted by atomic mass is 19.1. The lowest BCUT2D eigenvalue weighted by molar-refractivity contribution is 0.0170. The number of imidazole rings is 1. The molecule has 2 N–H and O–H groups in total. The summed E-state index contributed by atoms with van der Waals surface area (Å²) in [5, 5.41) is 6.78. The first-order valence-electron chi connectivity index (χ1n) is 10.6.